The van der Waals surface area contributed by atoms with Crippen molar-refractivity contribution >= 4 is 49.6 Å². The molecule has 8 rings (SSSR count). The van der Waals surface area contributed by atoms with Crippen molar-refractivity contribution in [2.75, 3.05) is 0 Å². The molecule has 0 N–H and O–H groups in total. The Morgan fingerprint density at radius 2 is 0.717 bits per heavy atom. The van der Waals surface area contributed by atoms with Gasteiger partial charge in [-0.3, -0.25) is 12.2 Å². The Kier molecular flexibility index (Phi) is 21.6. The van der Waals surface area contributed by atoms with E-state index >= 15 is 0 Å². The zero-order valence-electron chi connectivity index (χ0n) is 27.0. The van der Waals surface area contributed by atoms with E-state index in [4.69, 9.17) is 0 Å². The zero-order valence-corrected chi connectivity index (χ0v) is 35.7. The van der Waals surface area contributed by atoms with Gasteiger partial charge in [-0.05, 0) is 0 Å². The molecule has 0 aromatic heterocycles. The van der Waals surface area contributed by atoms with Crippen LogP contribution in [0.1, 0.15) is 40.5 Å². The molecule has 6 aromatic carbocycles. The van der Waals surface area contributed by atoms with Gasteiger partial charge in [-0.15, -0.1) is 92.3 Å². The van der Waals surface area contributed by atoms with Gasteiger partial charge >= 0.3 is 82.0 Å². The first kappa shape index (κ1) is 41.7. The molecule has 2 aliphatic rings. The minimum atomic E-state index is 0. The second kappa shape index (κ2) is 23.9. The number of hydrogen-bond donors (Lipinski definition) is 0. The summed E-state index contributed by atoms with van der Waals surface area (Å²) < 4.78 is 3.11. The number of hydrogen-bond acceptors (Lipinski definition) is 0. The predicted octanol–water partition coefficient (Wildman–Crippen LogP) is 5.53. The summed E-state index contributed by atoms with van der Waals surface area (Å²) in [6.07, 6.45) is 20.0. The summed E-state index contributed by atoms with van der Waals surface area (Å²) in [6.45, 7) is 8.58. The summed E-state index contributed by atoms with van der Waals surface area (Å²) in [4.78, 5) is 0. The first-order valence-electron chi connectivity index (χ1n) is 14.9. The van der Waals surface area contributed by atoms with Gasteiger partial charge in [-0.2, -0.15) is 12.2 Å². The Bertz CT molecular complexity index is 1630. The van der Waals surface area contributed by atoms with Gasteiger partial charge in [-0.25, -0.2) is 24.3 Å². The maximum Gasteiger partial charge on any atom is -0.0771 e. The van der Waals surface area contributed by atoms with Crippen LogP contribution in [0.15, 0.2) is 146 Å². The second-order valence-corrected chi connectivity index (χ2v) is 17.8. The van der Waals surface area contributed by atoms with Gasteiger partial charge in [0.25, 0.3) is 0 Å². The summed E-state index contributed by atoms with van der Waals surface area (Å²) in [5.41, 5.74) is 0. The van der Waals surface area contributed by atoms with Crippen LogP contribution in [0.2, 0.25) is 0 Å². The van der Waals surface area contributed by atoms with Gasteiger partial charge in [-0.1, -0.05) is 72.8 Å². The molecular formula is C42H40Cl2Hf2-2. The van der Waals surface area contributed by atoms with Crippen LogP contribution in [0.25, 0.3) is 43.1 Å². The first-order chi connectivity index (χ1) is 21.4. The number of allylic oxidation sites excluding steroid dienone is 8. The molecule has 6 aromatic rings. The maximum atomic E-state index is 2.99. The van der Waals surface area contributed by atoms with Gasteiger partial charge in [0.15, 0.2) is 0 Å². The van der Waals surface area contributed by atoms with E-state index in [2.05, 4.69) is 161 Å². The van der Waals surface area contributed by atoms with Crippen molar-refractivity contribution in [2.45, 2.75) is 40.5 Å². The van der Waals surface area contributed by atoms with Crippen LogP contribution in [0.3, 0.4) is 0 Å². The molecule has 0 radical (unpaired) electrons. The molecule has 0 atom stereocenters. The number of halogens is 2. The van der Waals surface area contributed by atoms with E-state index in [0.29, 0.717) is 0 Å². The van der Waals surface area contributed by atoms with E-state index < -0.39 is 0 Å². The van der Waals surface area contributed by atoms with E-state index in [0.717, 1.165) is 12.8 Å². The van der Waals surface area contributed by atoms with Crippen molar-refractivity contribution in [1.82, 2.24) is 0 Å². The van der Waals surface area contributed by atoms with Crippen LogP contribution in [-0.4, -0.2) is 6.51 Å². The molecule has 0 fully saturated rings. The minimum absolute atomic E-state index is 0. The molecule has 0 amide bonds. The Balaban J connectivity index is 0.000000298. The monoisotopic (exact) mass is 974 g/mol. The molecule has 0 saturated heterocycles. The van der Waals surface area contributed by atoms with E-state index in [1.807, 2.05) is 24.3 Å². The Morgan fingerprint density at radius 1 is 0.478 bits per heavy atom. The number of rotatable bonds is 0. The largest absolute Gasteiger partial charge is 1.00 e. The average molecular weight is 973 g/mol. The van der Waals surface area contributed by atoms with Crippen LogP contribution in [-0.2, 0) is 47.8 Å². The third kappa shape index (κ3) is 15.0. The predicted molar refractivity (Wildman–Crippen MR) is 190 cm³/mol. The van der Waals surface area contributed by atoms with Gasteiger partial charge in [0, 0.05) is 0 Å². The molecule has 0 unspecified atom stereocenters. The standard InChI is InChI=1S/2C13H9.2C5H5.2C3H6.2ClH.2Hf/c2*1-3-7-12-10(5-1)9-11-6-2-4-8-13(11)12;2*1-2-4-5-3-1;2*1-3-2;;;;/h2*1-9H;2*1-3H,4H2;2*1-2H3;2*1H;;/q4*-1;;;;;2*+2/p-2. The summed E-state index contributed by atoms with van der Waals surface area (Å²) in [7, 11) is 0. The van der Waals surface area contributed by atoms with Crippen molar-refractivity contribution < 1.29 is 72.6 Å². The van der Waals surface area contributed by atoms with E-state index in [1.54, 1.807) is 6.51 Å². The number of fused-ring (bicyclic) bond motifs is 6. The van der Waals surface area contributed by atoms with E-state index in [-0.39, 0.29) is 24.8 Å². The molecule has 0 spiro atoms. The smallest absolute Gasteiger partial charge is 0.0771 e. The zero-order chi connectivity index (χ0) is 31.6. The first-order valence-corrected chi connectivity index (χ1v) is 18.5. The van der Waals surface area contributed by atoms with Gasteiger partial charge < -0.3 is 24.8 Å². The van der Waals surface area contributed by atoms with Crippen molar-refractivity contribution in [3.05, 3.63) is 158 Å². The molecular weight excluding hydrogens is 932 g/mol. The quantitative estimate of drug-likeness (QED) is 0.139. The van der Waals surface area contributed by atoms with Gasteiger partial charge in [0.1, 0.15) is 0 Å². The molecule has 46 heavy (non-hydrogen) atoms. The fourth-order valence-corrected chi connectivity index (χ4v) is 4.49. The molecule has 4 heteroatoms. The van der Waals surface area contributed by atoms with Crippen molar-refractivity contribution in [2.24, 2.45) is 0 Å². The molecule has 0 saturated carbocycles. The summed E-state index contributed by atoms with van der Waals surface area (Å²) in [5.74, 6) is 0. The SMILES string of the molecule is C[C](C)=[Hf+2].C[C](C)=[Hf+2].[C-]1=CC=CC1.[C-]1=CC=CC1.[Cl-].[Cl-].c1ccc2c(c1)[cH-]c1ccccc12.c1ccc2c(c1)[cH-]c1ccccc12. The van der Waals surface area contributed by atoms with Gasteiger partial charge in [0.2, 0.25) is 0 Å². The molecule has 232 valence electrons. The van der Waals surface area contributed by atoms with Crippen molar-refractivity contribution in [1.29, 1.82) is 0 Å². The average Bonchev–Trinajstić information content (AvgIpc) is 3.85. The molecule has 2 aliphatic carbocycles. The topological polar surface area (TPSA) is 0 Å². The molecule has 0 heterocycles. The fraction of sp³-hybridized carbons (Fsp3) is 0.143. The minimum Gasteiger partial charge on any atom is -1.00 e. The second-order valence-electron chi connectivity index (χ2n) is 10.6. The summed E-state index contributed by atoms with van der Waals surface area (Å²) in [5, 5.41) is 10.8. The van der Waals surface area contributed by atoms with Gasteiger partial charge in [0.05, 0.1) is 0 Å². The third-order valence-electron chi connectivity index (χ3n) is 6.22. The van der Waals surface area contributed by atoms with E-state index in [9.17, 15) is 0 Å². The van der Waals surface area contributed by atoms with Crippen LogP contribution >= 0.6 is 0 Å². The van der Waals surface area contributed by atoms with E-state index in [1.165, 1.54) is 90.9 Å². The summed E-state index contributed by atoms with van der Waals surface area (Å²) in [6, 6.07) is 38.5. The Labute approximate surface area is 317 Å². The molecule has 0 nitrogen and oxygen atoms in total. The molecule has 0 aliphatic heterocycles. The van der Waals surface area contributed by atoms with Crippen molar-refractivity contribution in [3.63, 3.8) is 0 Å². The van der Waals surface area contributed by atoms with Crippen LogP contribution in [0.5, 0.6) is 0 Å². The number of benzene rings is 4. The normalized spacial score (nSPS) is 11.3. The fourth-order valence-electron chi connectivity index (χ4n) is 4.49. The Morgan fingerprint density at radius 3 is 0.891 bits per heavy atom. The third-order valence-corrected chi connectivity index (χ3v) is 6.22. The summed E-state index contributed by atoms with van der Waals surface area (Å²) >= 11 is 2.53. The van der Waals surface area contributed by atoms with Crippen LogP contribution < -0.4 is 24.8 Å². The van der Waals surface area contributed by atoms with Crippen LogP contribution in [0, 0.1) is 12.2 Å². The van der Waals surface area contributed by atoms with Crippen LogP contribution in [0.4, 0.5) is 0 Å². The Hall–Kier alpha value is -2.36. The molecule has 0 bridgehead atoms. The maximum absolute atomic E-state index is 2.99. The van der Waals surface area contributed by atoms with Crippen molar-refractivity contribution in [3.8, 4) is 0 Å².